The summed E-state index contributed by atoms with van der Waals surface area (Å²) in [5, 5.41) is 12.2. The standard InChI is InChI=1S/C30H37N3O4.C18H22N2O2.C12H17NO3.ClH/c1-7-37-28(35)18-24(23-11-13-31-25(17-23)29-21(5)9-8-10-22(29)6)32-30(36)26(15-19(2)3)33-14-12-20(4)16-27(33)34;1-4-22-17(21)11-15(19)14-8-9-20-16(10-14)18-12(2)6-5-7-13(18)3;1-8(2)6-10(12(15)16)13-5-4-9(3)7-11(13)14;/h8-14,16-17,19,24,26H,7,15,18H2,1-6H3,(H,32,36);5-10,15H,4,11,19H2,1-3H3;4-5,7-8,10H,6H2,1-3H3,(H,15,16);1H/t24-,26?;15-;10-;/m110./s1. The lowest BCUT2D eigenvalue weighted by atomic mass is 9.96. The van der Waals surface area contributed by atoms with Crippen LogP contribution in [0.15, 0.2) is 119 Å². The second kappa shape index (κ2) is 30.4. The van der Waals surface area contributed by atoms with Gasteiger partial charge in [-0.2, -0.15) is 0 Å². The quantitative estimate of drug-likeness (QED) is 0.0646. The number of rotatable bonds is 19. The van der Waals surface area contributed by atoms with Gasteiger partial charge in [-0.15, -0.1) is 12.4 Å². The zero-order valence-electron chi connectivity index (χ0n) is 46.1. The maximum atomic E-state index is 13.7. The van der Waals surface area contributed by atoms with Crippen LogP contribution in [0, 0.1) is 53.4 Å². The van der Waals surface area contributed by atoms with Gasteiger partial charge in [0.25, 0.3) is 11.1 Å². The molecule has 0 saturated carbocycles. The van der Waals surface area contributed by atoms with Gasteiger partial charge in [-0.1, -0.05) is 64.1 Å². The van der Waals surface area contributed by atoms with Gasteiger partial charge in [0.05, 0.1) is 43.5 Å². The lowest BCUT2D eigenvalue weighted by Crippen LogP contribution is -2.40. The molecule has 0 radical (unpaired) electrons. The second-order valence-corrected chi connectivity index (χ2v) is 19.7. The Balaban J connectivity index is 0.000000330. The lowest BCUT2D eigenvalue weighted by molar-refractivity contribution is -0.144. The molecule has 6 aromatic rings. The summed E-state index contributed by atoms with van der Waals surface area (Å²) in [6.45, 7) is 23.9. The van der Waals surface area contributed by atoms with Crippen LogP contribution in [0.3, 0.4) is 0 Å². The van der Waals surface area contributed by atoms with Crippen LogP contribution in [-0.4, -0.2) is 61.2 Å². The number of hydrogen-bond donors (Lipinski definition) is 3. The summed E-state index contributed by atoms with van der Waals surface area (Å²) >= 11 is 0. The van der Waals surface area contributed by atoms with E-state index in [1.54, 1.807) is 50.8 Å². The molecule has 4 aromatic heterocycles. The van der Waals surface area contributed by atoms with Gasteiger partial charge < -0.3 is 34.8 Å². The highest BCUT2D eigenvalue weighted by Gasteiger charge is 2.28. The fourth-order valence-corrected chi connectivity index (χ4v) is 8.74. The van der Waals surface area contributed by atoms with Gasteiger partial charge in [0.15, 0.2) is 0 Å². The van der Waals surface area contributed by atoms with Crippen LogP contribution >= 0.6 is 12.4 Å². The Hall–Kier alpha value is -7.23. The SMILES string of the molecule is CCOC(=O)C[C@@H](N)c1ccnc(-c2c(C)cccc2C)c1.CCOC(=O)C[C@@H](NC(=O)C(CC(C)C)n1ccc(C)cc1=O)c1ccnc(-c2c(C)cccc2C)c1.Cc1ccn([C@@H](CC(C)C)C(=O)O)c(=O)c1.Cl. The van der Waals surface area contributed by atoms with Crippen LogP contribution in [0.5, 0.6) is 0 Å². The average molecular weight is 1060 g/mol. The number of nitrogens with two attached hydrogens (primary N) is 1. The molecule has 1 amide bonds. The first kappa shape index (κ1) is 63.1. The van der Waals surface area contributed by atoms with Crippen molar-refractivity contribution in [3.63, 3.8) is 0 Å². The highest BCUT2D eigenvalue weighted by molar-refractivity contribution is 5.85. The molecule has 0 spiro atoms. The zero-order valence-corrected chi connectivity index (χ0v) is 46.9. The Kier molecular flexibility index (Phi) is 25.2. The van der Waals surface area contributed by atoms with Crippen LogP contribution in [0.25, 0.3) is 22.5 Å². The minimum absolute atomic E-state index is 0. The van der Waals surface area contributed by atoms with Crippen LogP contribution in [0.4, 0.5) is 0 Å². The summed E-state index contributed by atoms with van der Waals surface area (Å²) in [5.74, 6) is -1.57. The predicted molar refractivity (Wildman–Crippen MR) is 301 cm³/mol. The van der Waals surface area contributed by atoms with E-state index < -0.39 is 30.1 Å². The third-order valence-electron chi connectivity index (χ3n) is 12.4. The molecule has 4 heterocycles. The first-order chi connectivity index (χ1) is 35.5. The molecular weight excluding hydrogens is 984 g/mol. The number of benzene rings is 2. The molecule has 0 aliphatic heterocycles. The second-order valence-electron chi connectivity index (χ2n) is 19.7. The highest BCUT2D eigenvalue weighted by Crippen LogP contribution is 2.30. The van der Waals surface area contributed by atoms with Crippen molar-refractivity contribution < 1.29 is 33.8 Å². The van der Waals surface area contributed by atoms with E-state index in [-0.39, 0.29) is 72.7 Å². The van der Waals surface area contributed by atoms with Crippen molar-refractivity contribution in [2.24, 2.45) is 17.6 Å². The summed E-state index contributed by atoms with van der Waals surface area (Å²) in [6.07, 6.45) is 7.72. The van der Waals surface area contributed by atoms with Crippen molar-refractivity contribution >= 4 is 36.2 Å². The summed E-state index contributed by atoms with van der Waals surface area (Å²) in [7, 11) is 0. The maximum Gasteiger partial charge on any atom is 0.326 e. The Morgan fingerprint density at radius 3 is 1.43 bits per heavy atom. The fraction of sp³-hybridized carbons (Fsp3) is 0.400. The van der Waals surface area contributed by atoms with E-state index in [4.69, 9.17) is 20.3 Å². The normalized spacial score (nSPS) is 12.4. The first-order valence-electron chi connectivity index (χ1n) is 25.6. The predicted octanol–water partition coefficient (Wildman–Crippen LogP) is 10.8. The van der Waals surface area contributed by atoms with Crippen molar-refractivity contribution in [3.8, 4) is 22.5 Å². The number of aliphatic carboxylic acids is 1. The third-order valence-corrected chi connectivity index (χ3v) is 12.4. The van der Waals surface area contributed by atoms with Gasteiger partial charge in [0.1, 0.15) is 12.1 Å². The summed E-state index contributed by atoms with van der Waals surface area (Å²) in [4.78, 5) is 82.3. The Labute approximate surface area is 453 Å². The lowest BCUT2D eigenvalue weighted by Gasteiger charge is -2.25. The van der Waals surface area contributed by atoms with Crippen LogP contribution in [0.2, 0.25) is 0 Å². The largest absolute Gasteiger partial charge is 0.480 e. The summed E-state index contributed by atoms with van der Waals surface area (Å²) in [5.41, 5.74) is 17.3. The molecule has 16 heteroatoms. The van der Waals surface area contributed by atoms with Crippen molar-refractivity contribution in [3.05, 3.63) is 175 Å². The number of carboxylic acids is 1. The number of carbonyl (C=O) groups is 4. The van der Waals surface area contributed by atoms with Crippen LogP contribution in [-0.2, 0) is 28.7 Å². The minimum atomic E-state index is -0.959. The van der Waals surface area contributed by atoms with E-state index in [1.807, 2.05) is 104 Å². The van der Waals surface area contributed by atoms with Gasteiger partial charge in [0.2, 0.25) is 5.91 Å². The third kappa shape index (κ3) is 18.6. The number of carbonyl (C=O) groups excluding carboxylic acids is 3. The number of ether oxygens (including phenoxy) is 2. The van der Waals surface area contributed by atoms with Crippen molar-refractivity contribution in [2.75, 3.05) is 13.2 Å². The first-order valence-corrected chi connectivity index (χ1v) is 25.6. The molecular formula is C60H77ClN6O9. The molecule has 0 fully saturated rings. The molecule has 0 aliphatic rings. The van der Waals surface area contributed by atoms with Crippen LogP contribution < -0.4 is 22.2 Å². The number of nitrogens with zero attached hydrogens (tertiary/aromatic N) is 4. The molecule has 0 aliphatic carbocycles. The zero-order chi connectivity index (χ0) is 55.5. The molecule has 76 heavy (non-hydrogen) atoms. The van der Waals surface area contributed by atoms with E-state index in [0.717, 1.165) is 55.9 Å². The van der Waals surface area contributed by atoms with Gasteiger partial charge in [-0.25, -0.2) is 4.79 Å². The smallest absolute Gasteiger partial charge is 0.326 e. The number of aromatic nitrogens is 4. The number of carboxylic acid groups (broad SMARTS) is 1. The fourth-order valence-electron chi connectivity index (χ4n) is 8.74. The summed E-state index contributed by atoms with van der Waals surface area (Å²) in [6, 6.07) is 23.8. The molecule has 6 rings (SSSR count). The number of aryl methyl sites for hydroxylation is 6. The van der Waals surface area contributed by atoms with Gasteiger partial charge in [0, 0.05) is 54.1 Å². The van der Waals surface area contributed by atoms with E-state index in [1.165, 1.54) is 32.4 Å². The Bertz CT molecular complexity index is 2980. The van der Waals surface area contributed by atoms with Crippen molar-refractivity contribution in [1.82, 2.24) is 24.4 Å². The molecule has 4 N–H and O–H groups in total. The van der Waals surface area contributed by atoms with Gasteiger partial charge in [-0.3, -0.25) is 33.9 Å². The van der Waals surface area contributed by atoms with Crippen LogP contribution in [0.1, 0.15) is 136 Å². The molecule has 4 atom stereocenters. The number of hydrogen-bond acceptors (Lipinski definition) is 11. The summed E-state index contributed by atoms with van der Waals surface area (Å²) < 4.78 is 12.9. The van der Waals surface area contributed by atoms with Crippen molar-refractivity contribution in [1.29, 1.82) is 0 Å². The average Bonchev–Trinajstić information content (AvgIpc) is 3.33. The number of amides is 1. The number of halogens is 1. The molecule has 1 unspecified atom stereocenters. The van der Waals surface area contributed by atoms with Gasteiger partial charge in [-0.05, 0) is 161 Å². The van der Waals surface area contributed by atoms with E-state index in [2.05, 4.69) is 41.3 Å². The van der Waals surface area contributed by atoms with E-state index >= 15 is 0 Å². The number of esters is 2. The number of pyridine rings is 4. The van der Waals surface area contributed by atoms with E-state index in [9.17, 15) is 28.8 Å². The topological polar surface area (TPSA) is 215 Å². The number of nitrogens with one attached hydrogen (secondary N) is 1. The molecule has 0 saturated heterocycles. The van der Waals surface area contributed by atoms with Crippen molar-refractivity contribution in [2.45, 2.75) is 133 Å². The molecule has 408 valence electrons. The maximum absolute atomic E-state index is 13.7. The Morgan fingerprint density at radius 1 is 0.605 bits per heavy atom. The monoisotopic (exact) mass is 1060 g/mol. The Morgan fingerprint density at radius 2 is 1.01 bits per heavy atom. The highest BCUT2D eigenvalue weighted by atomic mass is 35.5. The molecule has 2 aromatic carbocycles. The minimum Gasteiger partial charge on any atom is -0.480 e. The molecule has 0 bridgehead atoms. The van der Waals surface area contributed by atoms with E-state index in [0.29, 0.717) is 19.4 Å². The molecule has 15 nitrogen and oxygen atoms in total. The van der Waals surface area contributed by atoms with Gasteiger partial charge >= 0.3 is 17.9 Å².